The number of esters is 1. The van der Waals surface area contributed by atoms with Gasteiger partial charge in [-0.25, -0.2) is 14.5 Å². The van der Waals surface area contributed by atoms with Crippen molar-refractivity contribution in [3.8, 4) is 10.4 Å². The van der Waals surface area contributed by atoms with Crippen LogP contribution >= 0.6 is 46.8 Å². The zero-order chi connectivity index (χ0) is 24.1. The molecule has 7 nitrogen and oxygen atoms in total. The van der Waals surface area contributed by atoms with E-state index in [9.17, 15) is 4.79 Å². The van der Waals surface area contributed by atoms with E-state index in [1.807, 2.05) is 36.4 Å². The molecule has 0 radical (unpaired) electrons. The zero-order valence-electron chi connectivity index (χ0n) is 17.9. The van der Waals surface area contributed by atoms with Crippen molar-refractivity contribution in [1.82, 2.24) is 14.8 Å². The van der Waals surface area contributed by atoms with Gasteiger partial charge in [0.05, 0.1) is 18.7 Å². The molecule has 2 N–H and O–H groups in total. The van der Waals surface area contributed by atoms with Crippen molar-refractivity contribution in [2.24, 2.45) is 0 Å². The minimum atomic E-state index is -0.423. The Morgan fingerprint density at radius 2 is 1.94 bits per heavy atom. The number of hydrogen-bond acceptors (Lipinski definition) is 6. The van der Waals surface area contributed by atoms with E-state index in [2.05, 4.69) is 20.7 Å². The monoisotopic (exact) mass is 531 g/mol. The number of carbonyl (C=O) groups is 1. The number of rotatable bonds is 7. The summed E-state index contributed by atoms with van der Waals surface area (Å²) in [5, 5.41) is 12.3. The summed E-state index contributed by atoms with van der Waals surface area (Å²) in [7, 11) is 0. The van der Waals surface area contributed by atoms with Gasteiger partial charge in [-0.05, 0) is 48.5 Å². The number of halogens is 2. The summed E-state index contributed by atoms with van der Waals surface area (Å²) in [6.45, 7) is 2.46. The van der Waals surface area contributed by atoms with Crippen LogP contribution in [0.1, 0.15) is 22.8 Å². The molecule has 4 aromatic rings. The molecule has 0 fully saturated rings. The van der Waals surface area contributed by atoms with Crippen LogP contribution in [0.2, 0.25) is 10.0 Å². The average molecular weight is 532 g/mol. The molecule has 0 spiro atoms. The van der Waals surface area contributed by atoms with Crippen LogP contribution in [-0.2, 0) is 11.3 Å². The van der Waals surface area contributed by atoms with Crippen LogP contribution in [0.15, 0.2) is 60.9 Å². The van der Waals surface area contributed by atoms with Gasteiger partial charge in [0.2, 0.25) is 5.95 Å². The predicted octanol–water partition coefficient (Wildman–Crippen LogP) is 6.35. The van der Waals surface area contributed by atoms with E-state index in [4.69, 9.17) is 40.2 Å². The molecule has 0 aliphatic carbocycles. The fourth-order valence-corrected chi connectivity index (χ4v) is 4.86. The van der Waals surface area contributed by atoms with Crippen molar-refractivity contribution in [2.75, 3.05) is 17.2 Å². The van der Waals surface area contributed by atoms with E-state index < -0.39 is 5.97 Å². The van der Waals surface area contributed by atoms with Crippen LogP contribution in [0, 0.1) is 0 Å². The molecular formula is C23H19Cl2N5O2S2. The van der Waals surface area contributed by atoms with Crippen molar-refractivity contribution >= 4 is 68.8 Å². The molecule has 2 aromatic heterocycles. The molecule has 2 heterocycles. The second-order valence-electron chi connectivity index (χ2n) is 7.02. The minimum absolute atomic E-state index is 0.245. The summed E-state index contributed by atoms with van der Waals surface area (Å²) in [5.41, 5.74) is 2.26. The molecule has 2 aromatic carbocycles. The van der Waals surface area contributed by atoms with E-state index in [-0.39, 0.29) is 11.7 Å². The second-order valence-corrected chi connectivity index (χ2v) is 9.32. The maximum atomic E-state index is 12.5. The number of benzene rings is 2. The van der Waals surface area contributed by atoms with Crippen LogP contribution < -0.4 is 10.6 Å². The van der Waals surface area contributed by atoms with Crippen LogP contribution in [0.25, 0.3) is 10.4 Å². The lowest BCUT2D eigenvalue weighted by atomic mass is 10.1. The molecule has 4 rings (SSSR count). The molecule has 34 heavy (non-hydrogen) atoms. The Balaban J connectivity index is 1.47. The average Bonchev–Trinajstić information content (AvgIpc) is 3.43. The van der Waals surface area contributed by atoms with Gasteiger partial charge in [0.15, 0.2) is 5.11 Å². The molecule has 0 aliphatic rings. The Kier molecular flexibility index (Phi) is 7.79. The Bertz CT molecular complexity index is 1320. The van der Waals surface area contributed by atoms with Gasteiger partial charge in [-0.3, -0.25) is 5.32 Å². The van der Waals surface area contributed by atoms with Gasteiger partial charge in [0, 0.05) is 14.9 Å². The molecule has 0 amide bonds. The Hall–Kier alpha value is -2.98. The van der Waals surface area contributed by atoms with Crippen molar-refractivity contribution < 1.29 is 9.53 Å². The number of hydrogen-bond donors (Lipinski definition) is 2. The number of nitrogens with zero attached hydrogens (tertiary/aromatic N) is 3. The smallest absolute Gasteiger partial charge is 0.341 e. The van der Waals surface area contributed by atoms with Crippen LogP contribution in [-0.4, -0.2) is 32.5 Å². The van der Waals surface area contributed by atoms with E-state index >= 15 is 0 Å². The third kappa shape index (κ3) is 5.92. The van der Waals surface area contributed by atoms with E-state index in [0.717, 1.165) is 16.0 Å². The van der Waals surface area contributed by atoms with Crippen LogP contribution in [0.3, 0.4) is 0 Å². The lowest BCUT2D eigenvalue weighted by Crippen LogP contribution is -2.21. The highest BCUT2D eigenvalue weighted by Gasteiger charge is 2.19. The van der Waals surface area contributed by atoms with Gasteiger partial charge >= 0.3 is 5.97 Å². The first-order chi connectivity index (χ1) is 16.4. The summed E-state index contributed by atoms with van der Waals surface area (Å²) in [6.07, 6.45) is 1.57. The van der Waals surface area contributed by atoms with Crippen LogP contribution in [0.4, 0.5) is 10.9 Å². The summed E-state index contributed by atoms with van der Waals surface area (Å²) < 4.78 is 6.84. The van der Waals surface area contributed by atoms with Crippen molar-refractivity contribution in [1.29, 1.82) is 0 Å². The van der Waals surface area contributed by atoms with E-state index in [1.54, 1.807) is 36.1 Å². The SMILES string of the molecule is CCOC(=O)c1cc(-c2ccccc2)sc1NC(=S)Nc1ncn(Cc2ccc(Cl)cc2Cl)n1. The first-order valence-electron chi connectivity index (χ1n) is 10.2. The van der Waals surface area contributed by atoms with Gasteiger partial charge in [-0.2, -0.15) is 0 Å². The van der Waals surface area contributed by atoms with Gasteiger partial charge < -0.3 is 10.1 Å². The zero-order valence-corrected chi connectivity index (χ0v) is 21.1. The van der Waals surface area contributed by atoms with E-state index in [1.165, 1.54) is 11.3 Å². The lowest BCUT2D eigenvalue weighted by molar-refractivity contribution is 0.0528. The van der Waals surface area contributed by atoms with Gasteiger partial charge in [-0.15, -0.1) is 16.4 Å². The fourth-order valence-electron chi connectivity index (χ4n) is 3.08. The first kappa shape index (κ1) is 24.2. The van der Waals surface area contributed by atoms with Gasteiger partial charge in [0.25, 0.3) is 0 Å². The largest absolute Gasteiger partial charge is 0.462 e. The molecule has 11 heteroatoms. The maximum Gasteiger partial charge on any atom is 0.341 e. The molecule has 0 saturated heterocycles. The van der Waals surface area contributed by atoms with Crippen molar-refractivity contribution in [3.63, 3.8) is 0 Å². The maximum absolute atomic E-state index is 12.5. The Morgan fingerprint density at radius 1 is 1.15 bits per heavy atom. The van der Waals surface area contributed by atoms with Crippen LogP contribution in [0.5, 0.6) is 0 Å². The molecule has 0 atom stereocenters. The lowest BCUT2D eigenvalue weighted by Gasteiger charge is -2.08. The number of anilines is 2. The number of ether oxygens (including phenoxy) is 1. The summed E-state index contributed by atoms with van der Waals surface area (Å²) >= 11 is 19.0. The molecule has 0 aliphatic heterocycles. The highest BCUT2D eigenvalue weighted by molar-refractivity contribution is 7.80. The topological polar surface area (TPSA) is 81.1 Å². The number of carbonyl (C=O) groups excluding carboxylic acids is 1. The fraction of sp³-hybridized carbons (Fsp3) is 0.130. The molecule has 0 saturated carbocycles. The summed E-state index contributed by atoms with van der Waals surface area (Å²) in [6, 6.07) is 16.9. The summed E-state index contributed by atoms with van der Waals surface area (Å²) in [4.78, 5) is 17.7. The Labute approximate surface area is 215 Å². The highest BCUT2D eigenvalue weighted by atomic mass is 35.5. The van der Waals surface area contributed by atoms with E-state index in [0.29, 0.717) is 33.1 Å². The third-order valence-electron chi connectivity index (χ3n) is 4.62. The molecule has 0 bridgehead atoms. The minimum Gasteiger partial charge on any atom is -0.462 e. The predicted molar refractivity (Wildman–Crippen MR) is 141 cm³/mol. The molecular weight excluding hydrogens is 513 g/mol. The van der Waals surface area contributed by atoms with Gasteiger partial charge in [-0.1, -0.05) is 59.6 Å². The number of nitrogens with one attached hydrogen (secondary N) is 2. The first-order valence-corrected chi connectivity index (χ1v) is 12.2. The standard InChI is InChI=1S/C23H19Cl2N5O2S2/c1-2-32-21(31)17-11-19(14-6-4-3-5-7-14)34-20(17)27-23(33)28-22-26-13-30(29-22)12-15-8-9-16(24)10-18(15)25/h3-11,13H,2,12H2,1H3,(H2,27,28,29,33). The van der Waals surface area contributed by atoms with Gasteiger partial charge in [0.1, 0.15) is 11.3 Å². The second kappa shape index (κ2) is 11.0. The third-order valence-corrected chi connectivity index (χ3v) is 6.51. The number of thiophene rings is 1. The van der Waals surface area contributed by atoms with Crippen molar-refractivity contribution in [3.05, 3.63) is 82.1 Å². The van der Waals surface area contributed by atoms with Crippen molar-refractivity contribution in [2.45, 2.75) is 13.5 Å². The number of thiocarbonyl (C=S) groups is 1. The summed E-state index contributed by atoms with van der Waals surface area (Å²) in [5.74, 6) is -0.117. The molecule has 174 valence electrons. The Morgan fingerprint density at radius 3 is 2.68 bits per heavy atom. The number of aromatic nitrogens is 3. The normalized spacial score (nSPS) is 10.7. The highest BCUT2D eigenvalue weighted by Crippen LogP contribution is 2.36. The molecule has 0 unspecified atom stereocenters. The quantitative estimate of drug-likeness (QED) is 0.212.